The van der Waals surface area contributed by atoms with E-state index in [0.717, 1.165) is 5.56 Å². The Morgan fingerprint density at radius 2 is 2.04 bits per heavy atom. The first-order valence-corrected chi connectivity index (χ1v) is 7.88. The number of carbonyl (C=O) groups excluding carboxylic acids is 1. The monoisotopic (exact) mass is 342 g/mol. The molecule has 3 rings (SSSR count). The van der Waals surface area contributed by atoms with Gasteiger partial charge in [0, 0.05) is 18.2 Å². The molecule has 0 aliphatic carbocycles. The van der Waals surface area contributed by atoms with E-state index in [9.17, 15) is 14.9 Å². The fourth-order valence-electron chi connectivity index (χ4n) is 2.85. The van der Waals surface area contributed by atoms with E-state index < -0.39 is 4.92 Å². The van der Waals surface area contributed by atoms with E-state index in [-0.39, 0.29) is 29.0 Å². The van der Waals surface area contributed by atoms with Crippen molar-refractivity contribution >= 4 is 11.6 Å². The van der Waals surface area contributed by atoms with Crippen LogP contribution in [-0.2, 0) is 4.74 Å². The summed E-state index contributed by atoms with van der Waals surface area (Å²) in [6, 6.07) is 13.9. The number of nitrogens with zero attached hydrogens (tertiary/aromatic N) is 2. The van der Waals surface area contributed by atoms with Crippen LogP contribution < -0.4 is 4.74 Å². The third-order valence-electron chi connectivity index (χ3n) is 4.15. The van der Waals surface area contributed by atoms with Crippen molar-refractivity contribution in [1.29, 1.82) is 0 Å². The summed E-state index contributed by atoms with van der Waals surface area (Å²) in [4.78, 5) is 25.0. The molecule has 0 saturated carbocycles. The summed E-state index contributed by atoms with van der Waals surface area (Å²) in [7, 11) is 1.36. The van der Waals surface area contributed by atoms with E-state index in [2.05, 4.69) is 0 Å². The van der Waals surface area contributed by atoms with Crippen LogP contribution in [0.2, 0.25) is 0 Å². The van der Waals surface area contributed by atoms with E-state index in [1.165, 1.54) is 19.2 Å². The number of carbonyl (C=O) groups is 1. The molecule has 1 heterocycles. The minimum atomic E-state index is -0.554. The van der Waals surface area contributed by atoms with Crippen LogP contribution in [0, 0.1) is 10.1 Å². The molecule has 7 nitrogen and oxygen atoms in total. The molecule has 2 aromatic rings. The molecule has 130 valence electrons. The zero-order chi connectivity index (χ0) is 17.8. The number of nitro groups is 1. The summed E-state index contributed by atoms with van der Waals surface area (Å²) < 4.78 is 10.7. The molecule has 0 bridgehead atoms. The van der Waals surface area contributed by atoms with Crippen molar-refractivity contribution in [2.24, 2.45) is 0 Å². The maximum atomic E-state index is 12.8. The van der Waals surface area contributed by atoms with Crippen LogP contribution in [0.3, 0.4) is 0 Å². The SMILES string of the molecule is COc1ccc(C(=O)N2CCOC(c3ccccc3)C2)cc1[N+](=O)[O-]. The second-order valence-electron chi connectivity index (χ2n) is 5.67. The molecular weight excluding hydrogens is 324 g/mol. The third-order valence-corrected chi connectivity index (χ3v) is 4.15. The molecule has 1 atom stereocenters. The molecule has 0 radical (unpaired) electrons. The molecular formula is C18H18N2O5. The molecule has 0 spiro atoms. The topological polar surface area (TPSA) is 81.9 Å². The minimum Gasteiger partial charge on any atom is -0.490 e. The summed E-state index contributed by atoms with van der Waals surface area (Å²) in [6.45, 7) is 1.27. The highest BCUT2D eigenvalue weighted by Gasteiger charge is 2.27. The van der Waals surface area contributed by atoms with Crippen molar-refractivity contribution < 1.29 is 19.2 Å². The maximum Gasteiger partial charge on any atom is 0.311 e. The van der Waals surface area contributed by atoms with E-state index >= 15 is 0 Å². The Morgan fingerprint density at radius 3 is 2.72 bits per heavy atom. The molecule has 0 aromatic heterocycles. The zero-order valence-corrected chi connectivity index (χ0v) is 13.8. The number of benzene rings is 2. The average Bonchev–Trinajstić information content (AvgIpc) is 2.67. The van der Waals surface area contributed by atoms with Crippen molar-refractivity contribution in [3.05, 3.63) is 69.8 Å². The van der Waals surface area contributed by atoms with Gasteiger partial charge in [-0.25, -0.2) is 0 Å². The van der Waals surface area contributed by atoms with Crippen LogP contribution >= 0.6 is 0 Å². The van der Waals surface area contributed by atoms with Crippen LogP contribution in [0.15, 0.2) is 48.5 Å². The molecule has 25 heavy (non-hydrogen) atoms. The van der Waals surface area contributed by atoms with E-state index in [1.54, 1.807) is 11.0 Å². The van der Waals surface area contributed by atoms with E-state index in [0.29, 0.717) is 19.7 Å². The fourth-order valence-corrected chi connectivity index (χ4v) is 2.85. The highest BCUT2D eigenvalue weighted by Crippen LogP contribution is 2.29. The molecule has 0 N–H and O–H groups in total. The number of nitro benzene ring substituents is 1. The molecule has 7 heteroatoms. The molecule has 1 fully saturated rings. The highest BCUT2D eigenvalue weighted by molar-refractivity contribution is 5.95. The maximum absolute atomic E-state index is 12.8. The zero-order valence-electron chi connectivity index (χ0n) is 13.8. The molecule has 1 aliphatic heterocycles. The quantitative estimate of drug-likeness (QED) is 0.630. The van der Waals surface area contributed by atoms with Gasteiger partial charge in [-0.3, -0.25) is 14.9 Å². The number of morpholine rings is 1. The van der Waals surface area contributed by atoms with E-state index in [4.69, 9.17) is 9.47 Å². The van der Waals surface area contributed by atoms with Crippen molar-refractivity contribution in [2.45, 2.75) is 6.10 Å². The van der Waals surface area contributed by atoms with Crippen LogP contribution in [-0.4, -0.2) is 42.5 Å². The van der Waals surface area contributed by atoms with Gasteiger partial charge in [0.05, 0.1) is 25.2 Å². The molecule has 1 aliphatic rings. The number of hydrogen-bond donors (Lipinski definition) is 0. The lowest BCUT2D eigenvalue weighted by atomic mass is 10.1. The number of hydrogen-bond acceptors (Lipinski definition) is 5. The third kappa shape index (κ3) is 3.61. The van der Waals surface area contributed by atoms with Gasteiger partial charge in [0.2, 0.25) is 0 Å². The van der Waals surface area contributed by atoms with Gasteiger partial charge in [-0.15, -0.1) is 0 Å². The number of amides is 1. The van der Waals surface area contributed by atoms with Crippen LogP contribution in [0.4, 0.5) is 5.69 Å². The first kappa shape index (κ1) is 16.9. The van der Waals surface area contributed by atoms with E-state index in [1.807, 2.05) is 30.3 Å². The molecule has 1 saturated heterocycles. The fraction of sp³-hybridized carbons (Fsp3) is 0.278. The first-order valence-electron chi connectivity index (χ1n) is 7.88. The molecule has 2 aromatic carbocycles. The van der Waals surface area contributed by atoms with Crippen LogP contribution in [0.25, 0.3) is 0 Å². The van der Waals surface area contributed by atoms with Gasteiger partial charge in [0.1, 0.15) is 6.10 Å². The van der Waals surface area contributed by atoms with Gasteiger partial charge in [-0.1, -0.05) is 30.3 Å². The van der Waals surface area contributed by atoms with Crippen molar-refractivity contribution in [3.8, 4) is 5.75 Å². The second kappa shape index (κ2) is 7.31. The van der Waals surface area contributed by atoms with Gasteiger partial charge in [-0.2, -0.15) is 0 Å². The first-order chi connectivity index (χ1) is 12.1. The summed E-state index contributed by atoms with van der Waals surface area (Å²) in [5, 5.41) is 11.1. The van der Waals surface area contributed by atoms with Gasteiger partial charge >= 0.3 is 5.69 Å². The normalized spacial score (nSPS) is 17.2. The number of ether oxygens (including phenoxy) is 2. The standard InChI is InChI=1S/C18H18N2O5/c1-24-16-8-7-14(11-15(16)20(22)23)18(21)19-9-10-25-17(12-19)13-5-3-2-4-6-13/h2-8,11,17H,9-10,12H2,1H3. The Hall–Kier alpha value is -2.93. The highest BCUT2D eigenvalue weighted by atomic mass is 16.6. The Kier molecular flexibility index (Phi) is 4.95. The van der Waals surface area contributed by atoms with Crippen molar-refractivity contribution in [1.82, 2.24) is 4.90 Å². The summed E-state index contributed by atoms with van der Waals surface area (Å²) in [6.07, 6.45) is -0.202. The van der Waals surface area contributed by atoms with Gasteiger partial charge in [-0.05, 0) is 17.7 Å². The lowest BCUT2D eigenvalue weighted by molar-refractivity contribution is -0.385. The summed E-state index contributed by atoms with van der Waals surface area (Å²) in [5.41, 5.74) is 1.04. The predicted molar refractivity (Wildman–Crippen MR) is 90.7 cm³/mol. The van der Waals surface area contributed by atoms with Crippen LogP contribution in [0.1, 0.15) is 22.0 Å². The molecule has 1 amide bonds. The summed E-state index contributed by atoms with van der Waals surface area (Å²) >= 11 is 0. The Balaban J connectivity index is 1.81. The van der Waals surface area contributed by atoms with Gasteiger partial charge in [0.25, 0.3) is 5.91 Å². The van der Waals surface area contributed by atoms with Gasteiger partial charge in [0.15, 0.2) is 5.75 Å². The van der Waals surface area contributed by atoms with Crippen molar-refractivity contribution in [3.63, 3.8) is 0 Å². The Morgan fingerprint density at radius 1 is 1.28 bits per heavy atom. The minimum absolute atomic E-state index is 0.130. The summed E-state index contributed by atoms with van der Waals surface area (Å²) in [5.74, 6) is -0.124. The molecule has 1 unspecified atom stereocenters. The lowest BCUT2D eigenvalue weighted by Gasteiger charge is -2.33. The lowest BCUT2D eigenvalue weighted by Crippen LogP contribution is -2.42. The van der Waals surface area contributed by atoms with Crippen molar-refractivity contribution in [2.75, 3.05) is 26.8 Å². The average molecular weight is 342 g/mol. The smallest absolute Gasteiger partial charge is 0.311 e. The number of rotatable bonds is 4. The van der Waals surface area contributed by atoms with Gasteiger partial charge < -0.3 is 14.4 Å². The Bertz CT molecular complexity index is 778. The van der Waals surface area contributed by atoms with Crippen LogP contribution in [0.5, 0.6) is 5.75 Å². The Labute approximate surface area is 144 Å². The predicted octanol–water partition coefficient (Wildman–Crippen LogP) is 2.82. The second-order valence-corrected chi connectivity index (χ2v) is 5.67. The number of methoxy groups -OCH3 is 1. The largest absolute Gasteiger partial charge is 0.490 e.